The van der Waals surface area contributed by atoms with Crippen LogP contribution in [0.2, 0.25) is 0 Å². The normalized spacial score (nSPS) is 10.8. The van der Waals surface area contributed by atoms with Crippen molar-refractivity contribution >= 4 is 17.2 Å². The molecule has 3 N–H and O–H groups in total. The molecule has 0 radical (unpaired) electrons. The highest BCUT2D eigenvalue weighted by atomic mass is 16.5. The minimum Gasteiger partial charge on any atom is -0.378 e. The number of hydrogen-bond donors (Lipinski definition) is 3. The van der Waals surface area contributed by atoms with Crippen LogP contribution < -0.4 is 10.8 Å². The molecule has 0 aliphatic rings. The first-order valence-corrected chi connectivity index (χ1v) is 8.95. The van der Waals surface area contributed by atoms with Gasteiger partial charge in [-0.2, -0.15) is 0 Å². The summed E-state index contributed by atoms with van der Waals surface area (Å²) < 4.78 is 2.01. The summed E-state index contributed by atoms with van der Waals surface area (Å²) in [6, 6.07) is 17.6. The molecule has 0 atom stereocenters. The summed E-state index contributed by atoms with van der Waals surface area (Å²) in [6.07, 6.45) is 5.79. The molecule has 6 nitrogen and oxygen atoms in total. The molecule has 0 saturated carbocycles. The van der Waals surface area contributed by atoms with E-state index in [1.54, 1.807) is 23.8 Å². The Morgan fingerprint density at radius 2 is 1.93 bits per heavy atom. The fourth-order valence-corrected chi connectivity index (χ4v) is 3.18. The minimum atomic E-state index is -0.524. The smallest absolute Gasteiger partial charge is 0.274 e. The highest BCUT2D eigenvalue weighted by molar-refractivity contribution is 5.93. The van der Waals surface area contributed by atoms with Crippen LogP contribution >= 0.6 is 0 Å². The van der Waals surface area contributed by atoms with Crippen molar-refractivity contribution in [2.75, 3.05) is 5.32 Å². The quantitative estimate of drug-likeness (QED) is 0.365. The summed E-state index contributed by atoms with van der Waals surface area (Å²) in [5.41, 5.74) is 8.31. The van der Waals surface area contributed by atoms with Crippen LogP contribution in [0.5, 0.6) is 0 Å². The first kappa shape index (κ1) is 17.8. The van der Waals surface area contributed by atoms with Gasteiger partial charge in [0.1, 0.15) is 0 Å². The second-order valence-corrected chi connectivity index (χ2v) is 6.66. The molecule has 0 spiro atoms. The third-order valence-electron chi connectivity index (χ3n) is 4.64. The lowest BCUT2D eigenvalue weighted by atomic mass is 10.0. The van der Waals surface area contributed by atoms with Crippen LogP contribution in [0, 0.1) is 6.92 Å². The van der Waals surface area contributed by atoms with Crippen LogP contribution in [-0.2, 0) is 6.54 Å². The van der Waals surface area contributed by atoms with Crippen LogP contribution in [0.3, 0.4) is 0 Å². The Balaban J connectivity index is 1.61. The van der Waals surface area contributed by atoms with Crippen molar-refractivity contribution in [3.8, 4) is 11.1 Å². The SMILES string of the molecule is Cc1cccc(-c2cc(NCc3ccc(C(=O)NO)cc3)c3nccn3c2)c1. The summed E-state index contributed by atoms with van der Waals surface area (Å²) in [5, 5.41) is 12.1. The molecule has 6 heteroatoms. The molecule has 2 aromatic heterocycles. The highest BCUT2D eigenvalue weighted by Gasteiger charge is 2.08. The molecule has 28 heavy (non-hydrogen) atoms. The zero-order chi connectivity index (χ0) is 19.5. The number of carbonyl (C=O) groups excluding carboxylic acids is 1. The van der Waals surface area contributed by atoms with E-state index in [4.69, 9.17) is 5.21 Å². The third kappa shape index (κ3) is 3.58. The Morgan fingerprint density at radius 1 is 1.11 bits per heavy atom. The van der Waals surface area contributed by atoms with Crippen LogP contribution in [-0.4, -0.2) is 20.5 Å². The average Bonchev–Trinajstić information content (AvgIpc) is 3.20. The maximum atomic E-state index is 11.4. The van der Waals surface area contributed by atoms with E-state index in [9.17, 15) is 4.79 Å². The van der Waals surface area contributed by atoms with Crippen molar-refractivity contribution in [2.45, 2.75) is 13.5 Å². The van der Waals surface area contributed by atoms with Crippen LogP contribution in [0.25, 0.3) is 16.8 Å². The lowest BCUT2D eigenvalue weighted by molar-refractivity contribution is 0.0706. The van der Waals surface area contributed by atoms with Crippen molar-refractivity contribution in [3.05, 3.63) is 89.9 Å². The number of pyridine rings is 1. The maximum Gasteiger partial charge on any atom is 0.274 e. The van der Waals surface area contributed by atoms with Crippen molar-refractivity contribution in [1.29, 1.82) is 0 Å². The van der Waals surface area contributed by atoms with Gasteiger partial charge in [-0.25, -0.2) is 10.5 Å². The summed E-state index contributed by atoms with van der Waals surface area (Å²) in [7, 11) is 0. The number of fused-ring (bicyclic) bond motifs is 1. The Morgan fingerprint density at radius 3 is 2.68 bits per heavy atom. The minimum absolute atomic E-state index is 0.406. The van der Waals surface area contributed by atoms with E-state index in [1.807, 2.05) is 22.7 Å². The Hall–Kier alpha value is -3.64. The molecule has 2 heterocycles. The van der Waals surface area contributed by atoms with E-state index in [-0.39, 0.29) is 0 Å². The Bertz CT molecular complexity index is 1130. The Labute approximate surface area is 162 Å². The number of aryl methyl sites for hydroxylation is 1. The molecule has 0 saturated heterocycles. The predicted molar refractivity (Wildman–Crippen MR) is 108 cm³/mol. The largest absolute Gasteiger partial charge is 0.378 e. The predicted octanol–water partition coefficient (Wildman–Crippen LogP) is 4.04. The van der Waals surface area contributed by atoms with E-state index in [1.165, 1.54) is 5.56 Å². The van der Waals surface area contributed by atoms with Crippen molar-refractivity contribution in [2.24, 2.45) is 0 Å². The number of aromatic nitrogens is 2. The van der Waals surface area contributed by atoms with E-state index < -0.39 is 5.91 Å². The fourth-order valence-electron chi connectivity index (χ4n) is 3.18. The van der Waals surface area contributed by atoms with Gasteiger partial charge >= 0.3 is 0 Å². The molecular formula is C22H20N4O2. The van der Waals surface area contributed by atoms with Gasteiger partial charge in [0.2, 0.25) is 0 Å². The zero-order valence-electron chi connectivity index (χ0n) is 15.4. The third-order valence-corrected chi connectivity index (χ3v) is 4.64. The van der Waals surface area contributed by atoms with Gasteiger partial charge in [0.05, 0.1) is 5.69 Å². The molecule has 140 valence electrons. The maximum absolute atomic E-state index is 11.4. The number of nitrogens with one attached hydrogen (secondary N) is 2. The van der Waals surface area contributed by atoms with Gasteiger partial charge in [0.15, 0.2) is 5.65 Å². The molecule has 0 aliphatic carbocycles. The van der Waals surface area contributed by atoms with E-state index in [2.05, 4.69) is 53.8 Å². The summed E-state index contributed by atoms with van der Waals surface area (Å²) in [4.78, 5) is 15.9. The lowest BCUT2D eigenvalue weighted by Gasteiger charge is -2.12. The van der Waals surface area contributed by atoms with E-state index in [0.29, 0.717) is 12.1 Å². The number of nitrogens with zero attached hydrogens (tertiary/aromatic N) is 2. The summed E-state index contributed by atoms with van der Waals surface area (Å²) in [6.45, 7) is 2.67. The van der Waals surface area contributed by atoms with Gasteiger partial charge in [-0.05, 0) is 36.2 Å². The molecule has 4 rings (SSSR count). The lowest BCUT2D eigenvalue weighted by Crippen LogP contribution is -2.18. The van der Waals surface area contributed by atoms with Crippen molar-refractivity contribution in [1.82, 2.24) is 14.9 Å². The molecule has 0 fully saturated rings. The zero-order valence-corrected chi connectivity index (χ0v) is 15.4. The monoisotopic (exact) mass is 372 g/mol. The van der Waals surface area contributed by atoms with Gasteiger partial charge in [0.25, 0.3) is 5.91 Å². The van der Waals surface area contributed by atoms with Crippen molar-refractivity contribution < 1.29 is 10.0 Å². The van der Waals surface area contributed by atoms with Crippen LogP contribution in [0.1, 0.15) is 21.5 Å². The summed E-state index contributed by atoms with van der Waals surface area (Å²) in [5.74, 6) is -0.524. The molecule has 1 amide bonds. The van der Waals surface area contributed by atoms with Crippen molar-refractivity contribution in [3.63, 3.8) is 0 Å². The number of anilines is 1. The van der Waals surface area contributed by atoms with Gasteiger partial charge in [-0.3, -0.25) is 10.0 Å². The molecule has 4 aromatic rings. The first-order valence-electron chi connectivity index (χ1n) is 8.95. The van der Waals surface area contributed by atoms with Crippen LogP contribution in [0.15, 0.2) is 73.2 Å². The van der Waals surface area contributed by atoms with Gasteiger partial charge < -0.3 is 9.72 Å². The topological polar surface area (TPSA) is 78.7 Å². The van der Waals surface area contributed by atoms with Gasteiger partial charge in [-0.15, -0.1) is 0 Å². The standard InChI is InChI=1S/C22H20N4O2/c1-15-3-2-4-18(11-15)19-12-20(21-23-9-10-26(21)14-19)24-13-16-5-7-17(8-6-16)22(27)25-28/h2-12,14,24,28H,13H2,1H3,(H,25,27). The second kappa shape index (κ2) is 7.54. The fraction of sp³-hybridized carbons (Fsp3) is 0.0909. The molecular weight excluding hydrogens is 352 g/mol. The van der Waals surface area contributed by atoms with Gasteiger partial charge in [0, 0.05) is 36.3 Å². The molecule has 0 aliphatic heterocycles. The number of benzene rings is 2. The summed E-state index contributed by atoms with van der Waals surface area (Å²) >= 11 is 0. The number of hydrogen-bond acceptors (Lipinski definition) is 4. The highest BCUT2D eigenvalue weighted by Crippen LogP contribution is 2.26. The number of carbonyl (C=O) groups is 1. The number of amides is 1. The van der Waals surface area contributed by atoms with E-state index in [0.717, 1.165) is 28.0 Å². The molecule has 0 bridgehead atoms. The number of imidazole rings is 1. The Kier molecular flexibility index (Phi) is 4.78. The van der Waals surface area contributed by atoms with E-state index >= 15 is 0 Å². The van der Waals surface area contributed by atoms with Crippen LogP contribution in [0.4, 0.5) is 5.69 Å². The number of rotatable bonds is 5. The van der Waals surface area contributed by atoms with Gasteiger partial charge in [-0.1, -0.05) is 42.0 Å². The first-order chi connectivity index (χ1) is 13.6. The molecule has 2 aromatic carbocycles. The number of hydroxylamine groups is 1. The molecule has 0 unspecified atom stereocenters. The second-order valence-electron chi connectivity index (χ2n) is 6.66. The average molecular weight is 372 g/mol.